The average molecular weight is 471 g/mol. The third kappa shape index (κ3) is 3.37. The number of benzene rings is 1. The number of hydrogen-bond donors (Lipinski definition) is 4. The lowest BCUT2D eigenvalue weighted by Gasteiger charge is -2.46. The fourth-order valence-corrected chi connectivity index (χ4v) is 5.46. The van der Waals surface area contributed by atoms with Crippen LogP contribution in [-0.2, 0) is 20.8 Å². The van der Waals surface area contributed by atoms with Crippen molar-refractivity contribution in [2.24, 2.45) is 17.6 Å². The summed E-state index contributed by atoms with van der Waals surface area (Å²) in [6.45, 7) is 2.47. The SMILES string of the molecule is CCCCOc1ccc(N(C)C)c2c1C(O)=C1C(=O)[C@]3(O)C(O)=C(C(N)=O)C(=O)C[C@@H]3C[C@@H]1C2. The number of nitrogens with two attached hydrogens (primary N) is 1. The summed E-state index contributed by atoms with van der Waals surface area (Å²) < 4.78 is 5.93. The number of rotatable bonds is 6. The fourth-order valence-electron chi connectivity index (χ4n) is 5.46. The molecule has 0 aromatic heterocycles. The van der Waals surface area contributed by atoms with Crippen molar-refractivity contribution in [1.29, 1.82) is 0 Å². The number of nitrogens with zero attached hydrogens (tertiary/aromatic N) is 1. The van der Waals surface area contributed by atoms with Crippen molar-refractivity contribution in [3.63, 3.8) is 0 Å². The Kier molecular flexibility index (Phi) is 5.93. The van der Waals surface area contributed by atoms with E-state index in [1.165, 1.54) is 0 Å². The second kappa shape index (κ2) is 8.47. The first kappa shape index (κ1) is 23.8. The number of carbonyl (C=O) groups excluding carboxylic acids is 3. The number of fused-ring (bicyclic) bond motifs is 3. The van der Waals surface area contributed by atoms with Crippen LogP contribution in [0.4, 0.5) is 5.69 Å². The molecule has 0 aliphatic heterocycles. The molecule has 34 heavy (non-hydrogen) atoms. The molecule has 5 N–H and O–H groups in total. The molecule has 1 aromatic rings. The van der Waals surface area contributed by atoms with E-state index in [-0.39, 0.29) is 24.2 Å². The highest BCUT2D eigenvalue weighted by Crippen LogP contribution is 2.53. The minimum Gasteiger partial charge on any atom is -0.508 e. The van der Waals surface area contributed by atoms with Crippen LogP contribution in [0, 0.1) is 11.8 Å². The van der Waals surface area contributed by atoms with Gasteiger partial charge in [-0.05, 0) is 42.9 Å². The van der Waals surface area contributed by atoms with E-state index >= 15 is 0 Å². The van der Waals surface area contributed by atoms with E-state index in [1.807, 2.05) is 32.0 Å². The van der Waals surface area contributed by atoms with E-state index in [4.69, 9.17) is 10.5 Å². The number of aliphatic hydroxyl groups is 3. The lowest BCUT2D eigenvalue weighted by molar-refractivity contribution is -0.147. The third-order valence-electron chi connectivity index (χ3n) is 7.14. The van der Waals surface area contributed by atoms with Crippen molar-refractivity contribution >= 4 is 28.9 Å². The molecular formula is C25H30N2O7. The van der Waals surface area contributed by atoms with Crippen molar-refractivity contribution in [3.05, 3.63) is 40.2 Å². The van der Waals surface area contributed by atoms with Gasteiger partial charge in [0.15, 0.2) is 11.4 Å². The molecular weight excluding hydrogens is 440 g/mol. The first-order valence-corrected chi connectivity index (χ1v) is 11.5. The van der Waals surface area contributed by atoms with Gasteiger partial charge in [-0.2, -0.15) is 0 Å². The molecule has 0 radical (unpaired) electrons. The molecule has 0 unspecified atom stereocenters. The number of ether oxygens (including phenoxy) is 1. The Morgan fingerprint density at radius 1 is 1.24 bits per heavy atom. The summed E-state index contributed by atoms with van der Waals surface area (Å²) in [6.07, 6.45) is 1.98. The maximum absolute atomic E-state index is 13.6. The number of aliphatic hydroxyl groups excluding tert-OH is 2. The molecule has 1 amide bonds. The monoisotopic (exact) mass is 470 g/mol. The number of unbranched alkanes of at least 4 members (excludes halogenated alkanes) is 1. The number of carbonyl (C=O) groups is 3. The molecule has 0 spiro atoms. The molecule has 9 heteroatoms. The normalized spacial score (nSPS) is 26.1. The van der Waals surface area contributed by atoms with Gasteiger partial charge in [-0.15, -0.1) is 0 Å². The summed E-state index contributed by atoms with van der Waals surface area (Å²) in [7, 11) is 3.75. The van der Waals surface area contributed by atoms with Crippen LogP contribution in [0.15, 0.2) is 29.0 Å². The van der Waals surface area contributed by atoms with Crippen LogP contribution in [0.25, 0.3) is 5.76 Å². The maximum Gasteiger partial charge on any atom is 0.255 e. The fraction of sp³-hybridized carbons (Fsp3) is 0.480. The van der Waals surface area contributed by atoms with E-state index in [2.05, 4.69) is 0 Å². The minimum atomic E-state index is -2.50. The average Bonchev–Trinajstić information content (AvgIpc) is 2.76. The molecule has 1 aromatic carbocycles. The van der Waals surface area contributed by atoms with Crippen molar-refractivity contribution in [2.45, 2.75) is 44.6 Å². The lowest BCUT2D eigenvalue weighted by atomic mass is 9.59. The Bertz CT molecular complexity index is 1150. The van der Waals surface area contributed by atoms with Gasteiger partial charge in [0.1, 0.15) is 22.8 Å². The van der Waals surface area contributed by atoms with Gasteiger partial charge < -0.3 is 30.7 Å². The smallest absolute Gasteiger partial charge is 0.255 e. The van der Waals surface area contributed by atoms with Crippen molar-refractivity contribution in [3.8, 4) is 5.75 Å². The minimum absolute atomic E-state index is 0.0350. The zero-order chi connectivity index (χ0) is 24.9. The molecule has 1 saturated carbocycles. The van der Waals surface area contributed by atoms with E-state index in [1.54, 1.807) is 6.07 Å². The number of Topliss-reactive ketones (excluding diaryl/α,β-unsaturated/α-hetero) is 2. The van der Waals surface area contributed by atoms with Gasteiger partial charge in [-0.25, -0.2) is 0 Å². The van der Waals surface area contributed by atoms with Gasteiger partial charge in [0.25, 0.3) is 5.91 Å². The first-order valence-electron chi connectivity index (χ1n) is 11.5. The first-order chi connectivity index (χ1) is 16.0. The van der Waals surface area contributed by atoms with Crippen LogP contribution >= 0.6 is 0 Å². The molecule has 3 aliphatic carbocycles. The highest BCUT2D eigenvalue weighted by molar-refractivity contribution is 6.22. The zero-order valence-electron chi connectivity index (χ0n) is 19.6. The summed E-state index contributed by atoms with van der Waals surface area (Å²) in [5.41, 5.74) is 3.98. The van der Waals surface area contributed by atoms with Gasteiger partial charge in [-0.3, -0.25) is 14.4 Å². The van der Waals surface area contributed by atoms with Crippen LogP contribution in [0.3, 0.4) is 0 Å². The van der Waals surface area contributed by atoms with Crippen molar-refractivity contribution in [1.82, 2.24) is 0 Å². The summed E-state index contributed by atoms with van der Waals surface area (Å²) in [4.78, 5) is 39.8. The largest absolute Gasteiger partial charge is 0.508 e. The Hall–Kier alpha value is -3.33. The molecule has 1 fully saturated rings. The Balaban J connectivity index is 1.90. The van der Waals surface area contributed by atoms with Crippen LogP contribution in [0.2, 0.25) is 0 Å². The second-order valence-electron chi connectivity index (χ2n) is 9.44. The van der Waals surface area contributed by atoms with Crippen LogP contribution in [0.5, 0.6) is 5.75 Å². The number of amides is 1. The molecule has 0 saturated heterocycles. The van der Waals surface area contributed by atoms with Gasteiger partial charge in [-0.1, -0.05) is 13.3 Å². The summed E-state index contributed by atoms with van der Waals surface area (Å²) in [5, 5.41) is 33.4. The van der Waals surface area contributed by atoms with Gasteiger partial charge in [0.2, 0.25) is 5.78 Å². The number of hydrogen-bond acceptors (Lipinski definition) is 8. The topological polar surface area (TPSA) is 150 Å². The van der Waals surface area contributed by atoms with E-state index in [0.717, 1.165) is 24.1 Å². The molecule has 9 nitrogen and oxygen atoms in total. The molecule has 182 valence electrons. The second-order valence-corrected chi connectivity index (χ2v) is 9.44. The zero-order valence-corrected chi connectivity index (χ0v) is 19.6. The Morgan fingerprint density at radius 3 is 2.56 bits per heavy atom. The lowest BCUT2D eigenvalue weighted by Crippen LogP contribution is -2.58. The quantitative estimate of drug-likeness (QED) is 0.364. The Labute approximate surface area is 197 Å². The highest BCUT2D eigenvalue weighted by Gasteiger charge is 2.60. The van der Waals surface area contributed by atoms with E-state index in [0.29, 0.717) is 24.3 Å². The number of anilines is 1. The summed E-state index contributed by atoms with van der Waals surface area (Å²) in [5.74, 6) is -5.18. The molecule has 0 bridgehead atoms. The van der Waals surface area contributed by atoms with Crippen molar-refractivity contribution < 1.29 is 34.4 Å². The number of primary amides is 1. The van der Waals surface area contributed by atoms with Crippen LogP contribution in [-0.4, -0.2) is 59.1 Å². The molecule has 3 atom stereocenters. The predicted molar refractivity (Wildman–Crippen MR) is 124 cm³/mol. The molecule has 0 heterocycles. The summed E-state index contributed by atoms with van der Waals surface area (Å²) in [6, 6.07) is 3.64. The van der Waals surface area contributed by atoms with E-state index in [9.17, 15) is 29.7 Å². The van der Waals surface area contributed by atoms with Crippen molar-refractivity contribution in [2.75, 3.05) is 25.6 Å². The highest BCUT2D eigenvalue weighted by atomic mass is 16.5. The third-order valence-corrected chi connectivity index (χ3v) is 7.14. The summed E-state index contributed by atoms with van der Waals surface area (Å²) >= 11 is 0. The predicted octanol–water partition coefficient (Wildman–Crippen LogP) is 1.96. The number of ketones is 2. The van der Waals surface area contributed by atoms with Gasteiger partial charge in [0.05, 0.1) is 12.2 Å². The van der Waals surface area contributed by atoms with Crippen LogP contribution in [0.1, 0.15) is 43.7 Å². The molecule has 3 aliphatic rings. The van der Waals surface area contributed by atoms with Gasteiger partial charge in [0, 0.05) is 37.7 Å². The van der Waals surface area contributed by atoms with Gasteiger partial charge >= 0.3 is 0 Å². The molecule has 4 rings (SSSR count). The standard InChI is InChI=1S/C25H30N2O7/c1-4-5-8-34-17-7-6-15(27(2)3)14-10-12-9-13-11-16(28)20(24(26)32)23(31)25(13,33)22(30)18(12)21(29)19(14)17/h6-7,12-13,29,31,33H,4-5,8-11H2,1-3H3,(H2,26,32)/t12-,13+,25+/m1/s1. The van der Waals surface area contributed by atoms with Crippen LogP contribution < -0.4 is 15.4 Å². The van der Waals surface area contributed by atoms with E-state index < -0.39 is 46.2 Å². The Morgan fingerprint density at radius 2 is 1.94 bits per heavy atom. The maximum atomic E-state index is 13.6.